The van der Waals surface area contributed by atoms with Crippen LogP contribution in [-0.4, -0.2) is 31.3 Å². The number of carbonyl (C=O) groups excluding carboxylic acids is 1. The number of para-hydroxylation sites is 1. The van der Waals surface area contributed by atoms with Crippen LogP contribution in [0.15, 0.2) is 30.9 Å². The zero-order valence-corrected chi connectivity index (χ0v) is 14.8. The quantitative estimate of drug-likeness (QED) is 0.408. The molecule has 0 fully saturated rings. The predicted octanol–water partition coefficient (Wildman–Crippen LogP) is 2.54. The van der Waals surface area contributed by atoms with Gasteiger partial charge in [0.25, 0.3) is 0 Å². The lowest BCUT2D eigenvalue weighted by molar-refractivity contribution is -0.143. The summed E-state index contributed by atoms with van der Waals surface area (Å²) in [6, 6.07) is 4.71. The van der Waals surface area contributed by atoms with Gasteiger partial charge in [-0.2, -0.15) is 0 Å². The van der Waals surface area contributed by atoms with E-state index in [1.54, 1.807) is 6.92 Å². The molecule has 1 unspecified atom stereocenters. The summed E-state index contributed by atoms with van der Waals surface area (Å²) < 4.78 is 23.8. The van der Waals surface area contributed by atoms with Gasteiger partial charge in [0.1, 0.15) is 11.8 Å². The van der Waals surface area contributed by atoms with Crippen LogP contribution in [0.4, 0.5) is 0 Å². The highest BCUT2D eigenvalue weighted by atomic mass is 31.2. The molecule has 0 aromatic heterocycles. The first-order valence-electron chi connectivity index (χ1n) is 7.48. The summed E-state index contributed by atoms with van der Waals surface area (Å²) in [4.78, 5) is 11.9. The molecule has 2 atom stereocenters. The zero-order valence-electron chi connectivity index (χ0n) is 13.9. The van der Waals surface area contributed by atoms with Crippen molar-refractivity contribution in [3.63, 3.8) is 0 Å². The topological polar surface area (TPSA) is 90.7 Å². The fourth-order valence-electron chi connectivity index (χ4n) is 2.04. The fraction of sp³-hybridized carbons (Fsp3) is 0.438. The average molecular weight is 340 g/mol. The minimum atomic E-state index is -3.39. The third-order valence-electron chi connectivity index (χ3n) is 3.18. The molecule has 3 N–H and O–H groups in total. The monoisotopic (exact) mass is 340 g/mol. The fourth-order valence-corrected chi connectivity index (χ4v) is 3.87. The number of carbonyl (C=O) groups is 1. The Morgan fingerprint density at radius 3 is 2.52 bits per heavy atom. The lowest BCUT2D eigenvalue weighted by Gasteiger charge is -2.25. The molecule has 7 heteroatoms. The minimum absolute atomic E-state index is 0.0878. The smallest absolute Gasteiger partial charge is 0.327 e. The number of ether oxygens (including phenoxy) is 1. The van der Waals surface area contributed by atoms with Crippen LogP contribution >= 0.6 is 7.52 Å². The standard InChI is InChI=1S/C16H25N2O4P/c1-5-14(16(19)21-6-2)18-23(20,11-10-17)22-15-12(3)8-7-9-13(15)4/h5,7-9,14H,1,6,10-11,17H2,2-4H3,(H,18,20)/t14-,23?/m0/s1. The molecule has 0 heterocycles. The second-order valence-electron chi connectivity index (χ2n) is 5.09. The number of hydrogen-bond acceptors (Lipinski definition) is 5. The van der Waals surface area contributed by atoms with Crippen LogP contribution in [-0.2, 0) is 14.1 Å². The maximum atomic E-state index is 13.1. The van der Waals surface area contributed by atoms with Gasteiger partial charge in [-0.15, -0.1) is 6.58 Å². The maximum Gasteiger partial charge on any atom is 0.327 e. The second-order valence-corrected chi connectivity index (χ2v) is 7.33. The molecule has 0 aliphatic rings. The van der Waals surface area contributed by atoms with Crippen molar-refractivity contribution >= 4 is 13.5 Å². The van der Waals surface area contributed by atoms with E-state index in [4.69, 9.17) is 15.0 Å². The van der Waals surface area contributed by atoms with Crippen LogP contribution in [0, 0.1) is 13.8 Å². The molecule has 0 saturated heterocycles. The highest BCUT2D eigenvalue weighted by Crippen LogP contribution is 2.45. The number of hydrogen-bond donors (Lipinski definition) is 2. The molecule has 0 aliphatic heterocycles. The molecule has 0 bridgehead atoms. The van der Waals surface area contributed by atoms with Crippen LogP contribution in [0.5, 0.6) is 5.75 Å². The number of nitrogens with one attached hydrogen (secondary N) is 1. The van der Waals surface area contributed by atoms with Crippen molar-refractivity contribution in [1.29, 1.82) is 0 Å². The van der Waals surface area contributed by atoms with E-state index >= 15 is 0 Å². The number of nitrogens with two attached hydrogens (primary N) is 1. The summed E-state index contributed by atoms with van der Waals surface area (Å²) in [5.41, 5.74) is 7.28. The van der Waals surface area contributed by atoms with E-state index in [2.05, 4.69) is 11.7 Å². The molecule has 1 aromatic rings. The molecule has 0 radical (unpaired) electrons. The largest absolute Gasteiger partial charge is 0.465 e. The summed E-state index contributed by atoms with van der Waals surface area (Å²) in [5, 5.41) is 2.73. The molecule has 0 aliphatic carbocycles. The molecule has 0 spiro atoms. The van der Waals surface area contributed by atoms with Gasteiger partial charge in [0.2, 0.25) is 0 Å². The summed E-state index contributed by atoms with van der Waals surface area (Å²) in [5.74, 6) is -0.0201. The van der Waals surface area contributed by atoms with Crippen LogP contribution < -0.4 is 15.3 Å². The molecule has 23 heavy (non-hydrogen) atoms. The number of benzene rings is 1. The number of esters is 1. The van der Waals surface area contributed by atoms with Crippen molar-refractivity contribution in [3.8, 4) is 5.75 Å². The normalized spacial score (nSPS) is 14.6. The molecule has 128 valence electrons. The van der Waals surface area contributed by atoms with Crippen molar-refractivity contribution in [2.24, 2.45) is 5.73 Å². The molecule has 6 nitrogen and oxygen atoms in total. The highest BCUT2D eigenvalue weighted by Gasteiger charge is 2.31. The molecule has 0 amide bonds. The van der Waals surface area contributed by atoms with Crippen LogP contribution in [0.3, 0.4) is 0 Å². The Bertz CT molecular complexity index is 583. The Balaban J connectivity index is 3.04. The third kappa shape index (κ3) is 5.50. The van der Waals surface area contributed by atoms with Crippen molar-refractivity contribution in [3.05, 3.63) is 42.0 Å². The summed E-state index contributed by atoms with van der Waals surface area (Å²) in [6.45, 7) is 9.39. The molecular weight excluding hydrogens is 315 g/mol. The van der Waals surface area contributed by atoms with Crippen molar-refractivity contribution in [2.45, 2.75) is 26.8 Å². The number of aryl methyl sites for hydroxylation is 2. The van der Waals surface area contributed by atoms with Gasteiger partial charge in [0, 0.05) is 6.54 Å². The van der Waals surface area contributed by atoms with Gasteiger partial charge in [-0.25, -0.2) is 9.88 Å². The van der Waals surface area contributed by atoms with Crippen molar-refractivity contribution in [2.75, 3.05) is 19.3 Å². The minimum Gasteiger partial charge on any atom is -0.465 e. The van der Waals surface area contributed by atoms with Gasteiger partial charge >= 0.3 is 13.5 Å². The third-order valence-corrected chi connectivity index (χ3v) is 5.18. The van der Waals surface area contributed by atoms with Gasteiger partial charge < -0.3 is 15.0 Å². The van der Waals surface area contributed by atoms with Gasteiger partial charge in [-0.3, -0.25) is 4.57 Å². The van der Waals surface area contributed by atoms with E-state index in [1.807, 2.05) is 32.0 Å². The lowest BCUT2D eigenvalue weighted by atomic mass is 10.1. The van der Waals surface area contributed by atoms with Gasteiger partial charge in [-0.05, 0) is 31.9 Å². The lowest BCUT2D eigenvalue weighted by Crippen LogP contribution is -2.37. The molecular formula is C16H25N2O4P. The molecule has 0 saturated carbocycles. The Morgan fingerprint density at radius 1 is 1.43 bits per heavy atom. The average Bonchev–Trinajstić information content (AvgIpc) is 2.49. The predicted molar refractivity (Wildman–Crippen MR) is 91.8 cm³/mol. The first-order valence-corrected chi connectivity index (χ1v) is 9.29. The van der Waals surface area contributed by atoms with Crippen LogP contribution in [0.2, 0.25) is 0 Å². The summed E-state index contributed by atoms with van der Waals surface area (Å²) >= 11 is 0. The molecule has 1 rings (SSSR count). The first-order chi connectivity index (χ1) is 10.9. The Hall–Kier alpha value is -1.62. The van der Waals surface area contributed by atoms with E-state index in [0.717, 1.165) is 11.1 Å². The summed E-state index contributed by atoms with van der Waals surface area (Å²) in [6.07, 6.45) is 1.43. The van der Waals surface area contributed by atoms with Gasteiger partial charge in [-0.1, -0.05) is 24.3 Å². The van der Waals surface area contributed by atoms with Gasteiger partial charge in [0.05, 0.1) is 12.8 Å². The van der Waals surface area contributed by atoms with E-state index in [0.29, 0.717) is 5.75 Å². The van der Waals surface area contributed by atoms with Crippen molar-refractivity contribution in [1.82, 2.24) is 5.09 Å². The number of rotatable bonds is 9. The van der Waals surface area contributed by atoms with Crippen molar-refractivity contribution < 1.29 is 18.6 Å². The zero-order chi connectivity index (χ0) is 17.5. The summed E-state index contributed by atoms with van der Waals surface area (Å²) in [7, 11) is -3.39. The van der Waals surface area contributed by atoms with E-state index in [-0.39, 0.29) is 19.3 Å². The SMILES string of the molecule is C=C[C@H](NP(=O)(CCN)Oc1c(C)cccc1C)C(=O)OCC. The maximum absolute atomic E-state index is 13.1. The van der Waals surface area contributed by atoms with Gasteiger partial charge in [0.15, 0.2) is 0 Å². The molecule has 1 aromatic carbocycles. The van der Waals surface area contributed by atoms with E-state index in [1.165, 1.54) is 6.08 Å². The highest BCUT2D eigenvalue weighted by molar-refractivity contribution is 7.57. The Labute approximate surface area is 137 Å². The van der Waals surface area contributed by atoms with Crippen LogP contribution in [0.25, 0.3) is 0 Å². The Morgan fingerprint density at radius 2 is 2.04 bits per heavy atom. The first kappa shape index (κ1) is 19.4. The van der Waals surface area contributed by atoms with E-state index in [9.17, 15) is 9.36 Å². The van der Waals surface area contributed by atoms with E-state index < -0.39 is 19.5 Å². The second kappa shape index (κ2) is 8.87. The van der Waals surface area contributed by atoms with Crippen LogP contribution in [0.1, 0.15) is 18.1 Å². The Kier molecular flexibility index (Phi) is 7.49.